The predicted molar refractivity (Wildman–Crippen MR) is 316 cm³/mol. The Bertz CT molecular complexity index is 4060. The Morgan fingerprint density at radius 1 is 0.390 bits per heavy atom. The van der Waals surface area contributed by atoms with Crippen LogP contribution in [0.5, 0.6) is 0 Å². The summed E-state index contributed by atoms with van der Waals surface area (Å²) in [7, 11) is -0.311. The van der Waals surface area contributed by atoms with Crippen LogP contribution in [0.2, 0.25) is 0 Å². The van der Waals surface area contributed by atoms with Crippen LogP contribution in [-0.4, -0.2) is 78.8 Å². The van der Waals surface area contributed by atoms with E-state index in [1.54, 1.807) is 55.0 Å². The maximum Gasteiger partial charge on any atom is 0.494 e. The first-order valence-corrected chi connectivity index (χ1v) is 26.1. The summed E-state index contributed by atoms with van der Waals surface area (Å²) in [6.45, 7) is 8.26. The minimum atomic E-state index is -0.313. The number of benzene rings is 6. The van der Waals surface area contributed by atoms with Crippen molar-refractivity contribution in [2.75, 3.05) is 17.2 Å². The Morgan fingerprint density at radius 2 is 0.732 bits per heavy atom. The lowest BCUT2D eigenvalue weighted by Crippen LogP contribution is -2.41. The lowest BCUT2D eigenvalue weighted by atomic mass is 9.78. The molecule has 0 bridgehead atoms. The van der Waals surface area contributed by atoms with E-state index in [2.05, 4.69) is 116 Å². The van der Waals surface area contributed by atoms with Crippen LogP contribution in [0, 0.1) is 17.5 Å². The number of hydrogen-bond donors (Lipinski definition) is 3. The standard InChI is InChI=1S/2C18H12FN5.C15H18BNO2.C9H6BrFN4/c2*19-14-6-3-11(4-7-14)16-17(23-24-18(20)22-16)13-5-8-15-12(10-13)2-1-9-21-15;1-14(2)15(3,4)19-16(18-14)12-7-8-13-11(10-12)6-5-9-17-13;10-8-7(13-9(12)15-14-8)5-1-3-6(11)4-2-5/h2*1-10H,(H2,20,22,24);5-10H,1-4H3;1-4H,(H2,12,13,15). The molecule has 0 spiro atoms. The van der Waals surface area contributed by atoms with Gasteiger partial charge in [-0.3, -0.25) is 15.0 Å². The third-order valence-electron chi connectivity index (χ3n) is 13.3. The molecule has 1 aliphatic rings. The molecule has 12 aromatic rings. The van der Waals surface area contributed by atoms with Gasteiger partial charge in [-0.1, -0.05) is 42.5 Å². The molecule has 6 aromatic carbocycles. The highest BCUT2D eigenvalue weighted by atomic mass is 79.9. The molecule has 82 heavy (non-hydrogen) atoms. The minimum absolute atomic E-state index is 0.0699. The highest BCUT2D eigenvalue weighted by Gasteiger charge is 2.51. The van der Waals surface area contributed by atoms with Gasteiger partial charge in [0.15, 0.2) is 4.60 Å². The Hall–Kier alpha value is -9.77. The van der Waals surface area contributed by atoms with E-state index in [-0.39, 0.29) is 53.6 Å². The fourth-order valence-electron chi connectivity index (χ4n) is 8.47. The van der Waals surface area contributed by atoms with Crippen molar-refractivity contribution in [2.45, 2.75) is 38.9 Å². The van der Waals surface area contributed by atoms with Crippen molar-refractivity contribution in [3.05, 3.63) is 204 Å². The van der Waals surface area contributed by atoms with Crippen LogP contribution in [0.1, 0.15) is 27.7 Å². The van der Waals surface area contributed by atoms with Gasteiger partial charge in [-0.15, -0.1) is 30.6 Å². The largest absolute Gasteiger partial charge is 0.494 e. The number of halogens is 4. The van der Waals surface area contributed by atoms with Crippen molar-refractivity contribution in [3.8, 4) is 56.3 Å². The monoisotopic (exact) mass is 1160 g/mol. The van der Waals surface area contributed by atoms with E-state index in [0.29, 0.717) is 33.1 Å². The fourth-order valence-corrected chi connectivity index (χ4v) is 8.86. The summed E-state index contributed by atoms with van der Waals surface area (Å²) < 4.78 is 51.7. The van der Waals surface area contributed by atoms with E-state index in [0.717, 1.165) is 66.0 Å². The first-order chi connectivity index (χ1) is 39.5. The number of nitrogens with two attached hydrogens (primary N) is 3. The summed E-state index contributed by atoms with van der Waals surface area (Å²) in [5.41, 5.74) is 26.7. The van der Waals surface area contributed by atoms with Crippen LogP contribution in [-0.2, 0) is 9.31 Å². The van der Waals surface area contributed by atoms with Crippen LogP contribution in [0.4, 0.5) is 31.0 Å². The first kappa shape index (κ1) is 55.5. The molecule has 0 amide bonds. The number of aromatic nitrogens is 12. The molecule has 0 atom stereocenters. The quantitative estimate of drug-likeness (QED) is 0.131. The third kappa shape index (κ3) is 12.8. The van der Waals surface area contributed by atoms with Crippen molar-refractivity contribution >= 4 is 79.1 Å². The van der Waals surface area contributed by atoms with Gasteiger partial charge in [0.25, 0.3) is 0 Å². The summed E-state index contributed by atoms with van der Waals surface area (Å²) in [4.78, 5) is 25.5. The maximum atomic E-state index is 13.2. The maximum absolute atomic E-state index is 13.2. The average molecular weight is 1160 g/mol. The van der Waals surface area contributed by atoms with E-state index in [1.807, 2.05) is 78.9 Å². The number of nitrogen functional groups attached to an aromatic ring is 3. The van der Waals surface area contributed by atoms with Gasteiger partial charge in [0.05, 0.1) is 27.8 Å². The van der Waals surface area contributed by atoms with Gasteiger partial charge in [0.1, 0.15) is 45.9 Å². The Balaban J connectivity index is 0.000000124. The van der Waals surface area contributed by atoms with Gasteiger partial charge < -0.3 is 26.5 Å². The zero-order valence-electron chi connectivity index (χ0n) is 44.3. The van der Waals surface area contributed by atoms with Gasteiger partial charge in [0, 0.05) is 57.2 Å². The molecule has 0 radical (unpaired) electrons. The molecular weight excluding hydrogens is 1110 g/mol. The number of pyridine rings is 3. The van der Waals surface area contributed by atoms with Crippen molar-refractivity contribution in [2.24, 2.45) is 0 Å². The predicted octanol–water partition coefficient (Wildman–Crippen LogP) is 11.5. The number of hydrogen-bond acceptors (Lipinski definition) is 17. The molecule has 0 aliphatic carbocycles. The Kier molecular flexibility index (Phi) is 16.2. The van der Waals surface area contributed by atoms with Gasteiger partial charge >= 0.3 is 7.12 Å². The van der Waals surface area contributed by atoms with Crippen LogP contribution in [0.3, 0.4) is 0 Å². The van der Waals surface area contributed by atoms with Crippen LogP contribution >= 0.6 is 15.9 Å². The van der Waals surface area contributed by atoms with Crippen LogP contribution < -0.4 is 22.7 Å². The molecule has 22 heteroatoms. The molecule has 1 aliphatic heterocycles. The van der Waals surface area contributed by atoms with Gasteiger partial charge in [-0.25, -0.2) is 28.1 Å². The Labute approximate surface area is 476 Å². The van der Waals surface area contributed by atoms with E-state index < -0.39 is 0 Å². The van der Waals surface area contributed by atoms with E-state index >= 15 is 0 Å². The SMILES string of the molecule is CC1(C)OB(c2ccc3ncccc3c2)OC1(C)C.Nc1nnc(-c2ccc3ncccc3c2)c(-c2ccc(F)cc2)n1.Nc1nnc(-c2ccc3ncccc3c2)c(-c2ccc(F)cc2)n1.Nc1nnc(Br)c(-c2ccc(F)cc2)n1. The van der Waals surface area contributed by atoms with Crippen molar-refractivity contribution in [3.63, 3.8) is 0 Å². The van der Waals surface area contributed by atoms with E-state index in [1.165, 1.54) is 36.4 Å². The molecule has 7 heterocycles. The summed E-state index contributed by atoms with van der Waals surface area (Å²) in [5.74, 6) is -0.706. The lowest BCUT2D eigenvalue weighted by molar-refractivity contribution is 0.00578. The molecule has 0 unspecified atom stereocenters. The second kappa shape index (κ2) is 23.9. The van der Waals surface area contributed by atoms with Crippen molar-refractivity contribution < 1.29 is 22.5 Å². The number of anilines is 3. The van der Waals surface area contributed by atoms with Gasteiger partial charge in [-0.05, 0) is 176 Å². The normalized spacial score (nSPS) is 13.1. The van der Waals surface area contributed by atoms with Gasteiger partial charge in [0.2, 0.25) is 17.8 Å². The first-order valence-electron chi connectivity index (χ1n) is 25.3. The molecule has 406 valence electrons. The molecular formula is C60H48BBrF3N15O2. The fraction of sp³-hybridized carbons (Fsp3) is 0.100. The molecule has 6 aromatic heterocycles. The summed E-state index contributed by atoms with van der Waals surface area (Å²) in [6, 6.07) is 47.4. The minimum Gasteiger partial charge on any atom is -0.399 e. The lowest BCUT2D eigenvalue weighted by Gasteiger charge is -2.32. The second-order valence-electron chi connectivity index (χ2n) is 19.4. The average Bonchev–Trinajstić information content (AvgIpc) is 3.98. The Morgan fingerprint density at radius 3 is 1.15 bits per heavy atom. The van der Waals surface area contributed by atoms with E-state index in [9.17, 15) is 13.2 Å². The zero-order chi connectivity index (χ0) is 57.5. The second-order valence-corrected chi connectivity index (χ2v) is 20.2. The molecule has 6 N–H and O–H groups in total. The zero-order valence-corrected chi connectivity index (χ0v) is 45.9. The molecule has 1 saturated heterocycles. The van der Waals surface area contributed by atoms with E-state index in [4.69, 9.17) is 26.5 Å². The smallest absolute Gasteiger partial charge is 0.399 e. The highest BCUT2D eigenvalue weighted by Crippen LogP contribution is 2.37. The highest BCUT2D eigenvalue weighted by molar-refractivity contribution is 9.10. The van der Waals surface area contributed by atoms with Crippen molar-refractivity contribution in [1.29, 1.82) is 0 Å². The van der Waals surface area contributed by atoms with Gasteiger partial charge in [-0.2, -0.15) is 0 Å². The summed E-state index contributed by atoms with van der Waals surface area (Å²) >= 11 is 3.20. The number of nitrogens with zero attached hydrogens (tertiary/aromatic N) is 12. The third-order valence-corrected chi connectivity index (χ3v) is 13.9. The number of fused-ring (bicyclic) bond motifs is 3. The molecule has 17 nitrogen and oxygen atoms in total. The van der Waals surface area contributed by atoms with Crippen LogP contribution in [0.15, 0.2) is 187 Å². The molecule has 1 fully saturated rings. The summed E-state index contributed by atoms with van der Waals surface area (Å²) in [5, 5.41) is 26.6. The topological polar surface area (TPSA) is 251 Å². The van der Waals surface area contributed by atoms with Crippen LogP contribution in [0.25, 0.3) is 89.0 Å². The van der Waals surface area contributed by atoms with Crippen molar-refractivity contribution in [1.82, 2.24) is 60.5 Å². The molecule has 13 rings (SSSR count). The summed E-state index contributed by atoms with van der Waals surface area (Å²) in [6.07, 6.45) is 5.30. The number of rotatable bonds is 6. The molecule has 0 saturated carbocycles.